The molecule has 0 aromatic rings. The molecule has 0 aliphatic rings. The molecule has 0 amide bonds. The Morgan fingerprint density at radius 2 is 2.11 bits per heavy atom. The largest absolute Gasteiger partial charge is 0.788 e. The van der Waals surface area contributed by atoms with Crippen molar-refractivity contribution in [2.24, 2.45) is 0 Å². The van der Waals surface area contributed by atoms with Crippen LogP contribution in [0.5, 0.6) is 0 Å². The van der Waals surface area contributed by atoms with Gasteiger partial charge in [0.1, 0.15) is 0 Å². The average Bonchev–Trinajstić information content (AvgIpc) is 1.80. The molecule has 3 N–H and O–H groups in total. The summed E-state index contributed by atoms with van der Waals surface area (Å²) in [6, 6.07) is 0. The molecule has 0 fully saturated rings. The third kappa shape index (κ3) is 7.58. The van der Waals surface area contributed by atoms with E-state index in [4.69, 9.17) is 10.2 Å². The molecule has 0 aromatic heterocycles. The van der Waals surface area contributed by atoms with Crippen LogP contribution in [-0.4, -0.2) is 23.0 Å². The highest BCUT2D eigenvalue weighted by Gasteiger charge is 1.88. The normalized spacial score (nSPS) is 11.6. The van der Waals surface area contributed by atoms with Crippen LogP contribution in [0, 0.1) is 5.21 Å². The van der Waals surface area contributed by atoms with Gasteiger partial charge in [-0.05, 0) is 0 Å². The molecule has 0 saturated heterocycles. The number of aliphatic hydroxyl groups is 2. The lowest BCUT2D eigenvalue weighted by Gasteiger charge is -2.00. The molecule has 9 heavy (non-hydrogen) atoms. The number of nitrogens with one attached hydrogen (secondary N) is 1. The predicted octanol–water partition coefficient (Wildman–Crippen LogP) is -0.669. The van der Waals surface area contributed by atoms with Crippen LogP contribution in [0.25, 0.3) is 0 Å². The summed E-state index contributed by atoms with van der Waals surface area (Å²) in [5.41, 5.74) is 1.64. The fourth-order valence-electron chi connectivity index (χ4n) is 0.349. The van der Waals surface area contributed by atoms with E-state index < -0.39 is 6.29 Å². The highest BCUT2D eigenvalue weighted by molar-refractivity contribution is 4.84. The molecule has 4 heteroatoms. The van der Waals surface area contributed by atoms with Gasteiger partial charge in [-0.2, -0.15) is 0 Å². The minimum absolute atomic E-state index is 0.168. The van der Waals surface area contributed by atoms with Gasteiger partial charge in [-0.3, -0.25) is 0 Å². The zero-order valence-electron chi connectivity index (χ0n) is 4.95. The van der Waals surface area contributed by atoms with Gasteiger partial charge in [0.05, 0.1) is 0 Å². The van der Waals surface area contributed by atoms with Crippen molar-refractivity contribution in [2.75, 3.05) is 6.54 Å². The number of hydrogen-bond donors (Lipinski definition) is 3. The van der Waals surface area contributed by atoms with Crippen LogP contribution in [0.15, 0.2) is 12.2 Å². The second-order valence-corrected chi connectivity index (χ2v) is 1.54. The van der Waals surface area contributed by atoms with E-state index in [0.717, 1.165) is 0 Å². The molecule has 0 bridgehead atoms. The van der Waals surface area contributed by atoms with Crippen LogP contribution in [0.3, 0.4) is 0 Å². The van der Waals surface area contributed by atoms with Crippen molar-refractivity contribution in [3.63, 3.8) is 0 Å². The molecule has 0 aromatic carbocycles. The van der Waals surface area contributed by atoms with Gasteiger partial charge >= 0.3 is 0 Å². The molecule has 0 radical (unpaired) electrons. The number of aliphatic hydroxyl groups excluding tert-OH is 1. The van der Waals surface area contributed by atoms with E-state index in [1.165, 1.54) is 12.2 Å². The third-order valence-corrected chi connectivity index (χ3v) is 0.715. The lowest BCUT2D eigenvalue weighted by molar-refractivity contribution is -0.0361. The lowest BCUT2D eigenvalue weighted by atomic mass is 10.4. The maximum absolute atomic E-state index is 9.55. The molecule has 0 rings (SSSR count). The van der Waals surface area contributed by atoms with Gasteiger partial charge in [-0.15, -0.1) is 0 Å². The second-order valence-electron chi connectivity index (χ2n) is 1.54. The summed E-state index contributed by atoms with van der Waals surface area (Å²) >= 11 is 0. The third-order valence-electron chi connectivity index (χ3n) is 0.715. The first-order valence-corrected chi connectivity index (χ1v) is 2.63. The Hall–Kier alpha value is -0.420. The Morgan fingerprint density at radius 1 is 1.44 bits per heavy atom. The highest BCUT2D eigenvalue weighted by Crippen LogP contribution is 1.86. The maximum Gasteiger partial charge on any atom is 0.154 e. The average molecular weight is 132 g/mol. The van der Waals surface area contributed by atoms with E-state index in [-0.39, 0.29) is 13.0 Å². The molecular formula is C5H10NO3-. The van der Waals surface area contributed by atoms with Gasteiger partial charge in [-0.25, -0.2) is 0 Å². The van der Waals surface area contributed by atoms with Gasteiger partial charge < -0.3 is 20.9 Å². The van der Waals surface area contributed by atoms with Gasteiger partial charge in [-0.1, -0.05) is 12.2 Å². The monoisotopic (exact) mass is 132 g/mol. The predicted molar refractivity (Wildman–Crippen MR) is 33.4 cm³/mol. The summed E-state index contributed by atoms with van der Waals surface area (Å²) in [6.45, 7) is 0.215. The van der Waals surface area contributed by atoms with Crippen LogP contribution in [0.2, 0.25) is 0 Å². The zero-order valence-corrected chi connectivity index (χ0v) is 4.95. The summed E-state index contributed by atoms with van der Waals surface area (Å²) < 4.78 is 0. The van der Waals surface area contributed by atoms with E-state index in [1.807, 2.05) is 0 Å². The Kier molecular flexibility index (Phi) is 5.45. The number of hydrogen-bond acceptors (Lipinski definition) is 4. The van der Waals surface area contributed by atoms with Crippen LogP contribution in [-0.2, 0) is 0 Å². The first kappa shape index (κ1) is 8.58. The van der Waals surface area contributed by atoms with Gasteiger partial charge in [0.25, 0.3) is 0 Å². The molecule has 0 aliphatic heterocycles. The van der Waals surface area contributed by atoms with E-state index in [9.17, 15) is 5.21 Å². The first-order valence-electron chi connectivity index (χ1n) is 2.63. The zero-order chi connectivity index (χ0) is 7.11. The van der Waals surface area contributed by atoms with Crippen LogP contribution >= 0.6 is 0 Å². The summed E-state index contributed by atoms with van der Waals surface area (Å²) in [4.78, 5) is 0. The quantitative estimate of drug-likeness (QED) is 0.269. The Morgan fingerprint density at radius 3 is 2.56 bits per heavy atom. The molecule has 0 heterocycles. The molecule has 0 atom stereocenters. The number of rotatable bonds is 4. The van der Waals surface area contributed by atoms with Crippen molar-refractivity contribution in [1.29, 1.82) is 0 Å². The minimum Gasteiger partial charge on any atom is -0.788 e. The fraction of sp³-hybridized carbons (Fsp3) is 0.600. The second kappa shape index (κ2) is 5.71. The maximum atomic E-state index is 9.55. The molecule has 0 unspecified atom stereocenters. The van der Waals surface area contributed by atoms with Crippen molar-refractivity contribution in [3.8, 4) is 0 Å². The van der Waals surface area contributed by atoms with E-state index in [2.05, 4.69) is 0 Å². The van der Waals surface area contributed by atoms with Crippen molar-refractivity contribution in [2.45, 2.75) is 12.7 Å². The van der Waals surface area contributed by atoms with E-state index >= 15 is 0 Å². The highest BCUT2D eigenvalue weighted by atomic mass is 16.5. The standard InChI is InChI=1S/C5H10NO3/c7-5(8)3-1-2-4-6-9/h1-2,5-8H,3-4H2/q-1. The Balaban J connectivity index is 3.04. The van der Waals surface area contributed by atoms with Crippen molar-refractivity contribution < 1.29 is 10.2 Å². The summed E-state index contributed by atoms with van der Waals surface area (Å²) in [5.74, 6) is 0. The van der Waals surface area contributed by atoms with Crippen LogP contribution in [0.1, 0.15) is 6.42 Å². The molecule has 0 spiro atoms. The van der Waals surface area contributed by atoms with Crippen LogP contribution in [0.4, 0.5) is 0 Å². The van der Waals surface area contributed by atoms with Crippen molar-refractivity contribution >= 4 is 0 Å². The lowest BCUT2D eigenvalue weighted by Crippen LogP contribution is -2.03. The smallest absolute Gasteiger partial charge is 0.154 e. The molecular weight excluding hydrogens is 122 g/mol. The molecule has 0 aliphatic carbocycles. The molecule has 54 valence electrons. The molecule has 4 nitrogen and oxygen atoms in total. The van der Waals surface area contributed by atoms with Crippen molar-refractivity contribution in [3.05, 3.63) is 17.4 Å². The Labute approximate surface area is 53.4 Å². The fourth-order valence-corrected chi connectivity index (χ4v) is 0.349. The van der Waals surface area contributed by atoms with Gasteiger partial charge in [0.2, 0.25) is 0 Å². The van der Waals surface area contributed by atoms with Crippen molar-refractivity contribution in [1.82, 2.24) is 5.48 Å². The topological polar surface area (TPSA) is 75.5 Å². The Bertz CT molecular complexity index is 82.3. The molecule has 0 saturated carbocycles. The van der Waals surface area contributed by atoms with E-state index in [0.29, 0.717) is 0 Å². The van der Waals surface area contributed by atoms with Crippen LogP contribution < -0.4 is 5.48 Å². The van der Waals surface area contributed by atoms with Gasteiger partial charge in [0.15, 0.2) is 6.29 Å². The summed E-state index contributed by atoms with van der Waals surface area (Å²) in [7, 11) is 0. The first-order chi connectivity index (χ1) is 4.27. The van der Waals surface area contributed by atoms with Gasteiger partial charge in [0, 0.05) is 13.0 Å². The van der Waals surface area contributed by atoms with E-state index in [1.54, 1.807) is 5.48 Å². The summed E-state index contributed by atoms with van der Waals surface area (Å²) in [5, 5.41) is 26.1. The summed E-state index contributed by atoms with van der Waals surface area (Å²) in [6.07, 6.45) is 1.91. The minimum atomic E-state index is -1.31. The number of hydroxylamine groups is 1. The SMILES string of the molecule is [O-]NCC=CCC(O)O.